The van der Waals surface area contributed by atoms with Gasteiger partial charge in [0.2, 0.25) is 11.8 Å². The maximum Gasteiger partial charge on any atom is 0.242 e. The van der Waals surface area contributed by atoms with Crippen LogP contribution in [0.4, 0.5) is 4.39 Å². The molecular weight excluding hydrogens is 477 g/mol. The van der Waals surface area contributed by atoms with Gasteiger partial charge in [0.05, 0.1) is 13.7 Å². The first-order valence-corrected chi connectivity index (χ1v) is 13.2. The number of allylic oxidation sites excluding steroid dienone is 2. The van der Waals surface area contributed by atoms with Gasteiger partial charge in [-0.2, -0.15) is 0 Å². The highest BCUT2D eigenvalue weighted by Gasteiger charge is 2.27. The predicted octanol–water partition coefficient (Wildman–Crippen LogP) is 5.68. The summed E-state index contributed by atoms with van der Waals surface area (Å²) in [6.45, 7) is 5.55. The van der Waals surface area contributed by atoms with Crippen LogP contribution in [0.25, 0.3) is 11.3 Å². The summed E-state index contributed by atoms with van der Waals surface area (Å²) in [4.78, 5) is 22.5. The Morgan fingerprint density at radius 1 is 1.05 bits per heavy atom. The van der Waals surface area contributed by atoms with Crippen LogP contribution in [0.2, 0.25) is 0 Å². The number of methoxy groups -OCH3 is 1. The van der Waals surface area contributed by atoms with E-state index in [1.807, 2.05) is 41.3 Å². The summed E-state index contributed by atoms with van der Waals surface area (Å²) in [6, 6.07) is 19.5. The number of ether oxygens (including phenoxy) is 1. The lowest BCUT2D eigenvalue weighted by Gasteiger charge is -2.34. The summed E-state index contributed by atoms with van der Waals surface area (Å²) < 4.78 is 19.3. The fourth-order valence-corrected chi connectivity index (χ4v) is 5.25. The van der Waals surface area contributed by atoms with Crippen LogP contribution in [0.3, 0.4) is 0 Å². The van der Waals surface area contributed by atoms with Crippen LogP contribution in [0.15, 0.2) is 72.8 Å². The van der Waals surface area contributed by atoms with Gasteiger partial charge >= 0.3 is 0 Å². The smallest absolute Gasteiger partial charge is 0.242 e. The molecule has 0 spiro atoms. The number of carbonyl (C=O) groups excluding carboxylic acids is 1. The zero-order valence-corrected chi connectivity index (χ0v) is 22.3. The van der Waals surface area contributed by atoms with E-state index in [2.05, 4.69) is 47.2 Å². The third-order valence-electron chi connectivity index (χ3n) is 7.55. The molecule has 1 aromatic heterocycles. The molecule has 2 aromatic carbocycles. The summed E-state index contributed by atoms with van der Waals surface area (Å²) in [5, 5.41) is 0. The van der Waals surface area contributed by atoms with Crippen molar-refractivity contribution in [3.05, 3.63) is 107 Å². The number of fused-ring (bicyclic) bond motifs is 1. The van der Waals surface area contributed by atoms with Crippen LogP contribution in [0.5, 0.6) is 5.88 Å². The van der Waals surface area contributed by atoms with E-state index in [1.165, 1.54) is 11.6 Å². The number of pyridine rings is 1. The molecule has 0 saturated carbocycles. The van der Waals surface area contributed by atoms with Crippen molar-refractivity contribution in [1.82, 2.24) is 14.8 Å². The topological polar surface area (TPSA) is 45.7 Å². The van der Waals surface area contributed by atoms with Crippen LogP contribution in [0.1, 0.15) is 41.3 Å². The lowest BCUT2D eigenvalue weighted by Crippen LogP contribution is -2.43. The molecule has 1 amide bonds. The lowest BCUT2D eigenvalue weighted by atomic mass is 10.00. The zero-order chi connectivity index (χ0) is 26.6. The average molecular weight is 512 g/mol. The Balaban J connectivity index is 1.41. The van der Waals surface area contributed by atoms with Gasteiger partial charge in [-0.3, -0.25) is 4.79 Å². The molecule has 0 fully saturated rings. The molecule has 0 bridgehead atoms. The van der Waals surface area contributed by atoms with Gasteiger partial charge in [-0.15, -0.1) is 0 Å². The molecule has 0 saturated heterocycles. The molecule has 6 heteroatoms. The third-order valence-corrected chi connectivity index (χ3v) is 7.55. The Bertz CT molecular complexity index is 1380. The van der Waals surface area contributed by atoms with Crippen molar-refractivity contribution in [2.45, 2.75) is 39.2 Å². The van der Waals surface area contributed by atoms with Crippen LogP contribution >= 0.6 is 0 Å². The number of aromatic nitrogens is 1. The quantitative estimate of drug-likeness (QED) is 0.442. The summed E-state index contributed by atoms with van der Waals surface area (Å²) in [5.74, 6) is 0.516. The minimum absolute atomic E-state index is 0.111. The van der Waals surface area contributed by atoms with Crippen molar-refractivity contribution in [3.63, 3.8) is 0 Å². The predicted molar refractivity (Wildman–Crippen MR) is 149 cm³/mol. The molecule has 2 aliphatic rings. The molecule has 0 radical (unpaired) electrons. The van der Waals surface area contributed by atoms with Gasteiger partial charge in [-0.05, 0) is 72.7 Å². The van der Waals surface area contributed by atoms with Gasteiger partial charge in [0, 0.05) is 43.0 Å². The summed E-state index contributed by atoms with van der Waals surface area (Å²) in [7, 11) is 1.62. The SMILES string of the molecule is COc1ccc2c(n1)CCN(C(=O)CN1C(c3ccccc3)=CC(c3ccc(F)c(C)c3)=CCC1C)CC2. The minimum Gasteiger partial charge on any atom is -0.481 e. The molecule has 38 heavy (non-hydrogen) atoms. The molecule has 2 aliphatic heterocycles. The van der Waals surface area contributed by atoms with E-state index in [0.717, 1.165) is 40.9 Å². The molecule has 0 aliphatic carbocycles. The van der Waals surface area contributed by atoms with Crippen molar-refractivity contribution >= 4 is 17.2 Å². The standard InChI is InChI=1S/C32H34FN3O2/c1-22-19-26(11-13-28(22)33)27-10-9-23(2)36(30(20-27)25-7-5-4-6-8-25)21-32(37)35-17-15-24-12-14-31(38-3)34-29(24)16-18-35/h4-8,10-14,19-20,23H,9,15-18,21H2,1-3H3. The highest BCUT2D eigenvalue weighted by molar-refractivity contribution is 5.87. The number of nitrogens with zero attached hydrogens (tertiary/aromatic N) is 3. The fraction of sp³-hybridized carbons (Fsp3) is 0.312. The number of aryl methyl sites for hydroxylation is 1. The van der Waals surface area contributed by atoms with Gasteiger partial charge in [-0.1, -0.05) is 48.5 Å². The van der Waals surface area contributed by atoms with Crippen LogP contribution in [-0.4, -0.2) is 53.5 Å². The summed E-state index contributed by atoms with van der Waals surface area (Å²) in [5.41, 5.74) is 6.88. The highest BCUT2D eigenvalue weighted by atomic mass is 19.1. The van der Waals surface area contributed by atoms with Crippen molar-refractivity contribution in [2.24, 2.45) is 0 Å². The Hall–Kier alpha value is -3.93. The Kier molecular flexibility index (Phi) is 7.59. The second kappa shape index (κ2) is 11.2. The first-order valence-electron chi connectivity index (χ1n) is 13.2. The lowest BCUT2D eigenvalue weighted by molar-refractivity contribution is -0.131. The van der Waals surface area contributed by atoms with Gasteiger partial charge in [0.15, 0.2) is 0 Å². The molecule has 196 valence electrons. The molecular formula is C32H34FN3O2. The van der Waals surface area contributed by atoms with Crippen LogP contribution < -0.4 is 4.74 Å². The van der Waals surface area contributed by atoms with Crippen LogP contribution in [0, 0.1) is 12.7 Å². The van der Waals surface area contributed by atoms with E-state index in [-0.39, 0.29) is 17.8 Å². The number of benzene rings is 2. The largest absolute Gasteiger partial charge is 0.481 e. The van der Waals surface area contributed by atoms with Crippen molar-refractivity contribution in [2.75, 3.05) is 26.7 Å². The van der Waals surface area contributed by atoms with Crippen molar-refractivity contribution < 1.29 is 13.9 Å². The minimum atomic E-state index is -0.205. The number of hydrogen-bond donors (Lipinski definition) is 0. The molecule has 1 atom stereocenters. The molecule has 1 unspecified atom stereocenters. The maximum atomic E-state index is 14.0. The second-order valence-corrected chi connectivity index (χ2v) is 10.1. The van der Waals surface area contributed by atoms with Gasteiger partial charge < -0.3 is 14.5 Å². The third kappa shape index (κ3) is 5.49. The Morgan fingerprint density at radius 2 is 1.84 bits per heavy atom. The maximum absolute atomic E-state index is 14.0. The normalized spacial score (nSPS) is 17.6. The van der Waals surface area contributed by atoms with E-state index < -0.39 is 0 Å². The molecule has 5 rings (SSSR count). The summed E-state index contributed by atoms with van der Waals surface area (Å²) in [6.07, 6.45) is 6.62. The van der Waals surface area contributed by atoms with Crippen molar-refractivity contribution in [1.29, 1.82) is 0 Å². The number of rotatable bonds is 5. The first kappa shape index (κ1) is 25.7. The molecule has 0 N–H and O–H groups in total. The first-order chi connectivity index (χ1) is 18.4. The van der Waals surface area contributed by atoms with Gasteiger partial charge in [0.25, 0.3) is 0 Å². The molecule has 3 heterocycles. The van der Waals surface area contributed by atoms with E-state index in [1.54, 1.807) is 14.0 Å². The van der Waals surface area contributed by atoms with E-state index >= 15 is 0 Å². The molecule has 5 nitrogen and oxygen atoms in total. The number of amides is 1. The Labute approximate surface area is 224 Å². The number of carbonyl (C=O) groups is 1. The molecule has 3 aromatic rings. The van der Waals surface area contributed by atoms with Gasteiger partial charge in [0.1, 0.15) is 5.82 Å². The van der Waals surface area contributed by atoms with Crippen LogP contribution in [-0.2, 0) is 17.6 Å². The van der Waals surface area contributed by atoms with E-state index in [9.17, 15) is 9.18 Å². The highest BCUT2D eigenvalue weighted by Crippen LogP contribution is 2.32. The Morgan fingerprint density at radius 3 is 2.61 bits per heavy atom. The number of hydrogen-bond acceptors (Lipinski definition) is 4. The number of halogens is 1. The summed E-state index contributed by atoms with van der Waals surface area (Å²) >= 11 is 0. The fourth-order valence-electron chi connectivity index (χ4n) is 5.25. The second-order valence-electron chi connectivity index (χ2n) is 10.1. The monoisotopic (exact) mass is 511 g/mol. The average Bonchev–Trinajstić information content (AvgIpc) is 3.25. The van der Waals surface area contributed by atoms with Gasteiger partial charge in [-0.25, -0.2) is 9.37 Å². The van der Waals surface area contributed by atoms with Crippen molar-refractivity contribution in [3.8, 4) is 5.88 Å². The van der Waals surface area contributed by atoms with E-state index in [0.29, 0.717) is 37.5 Å². The zero-order valence-electron chi connectivity index (χ0n) is 22.3. The van der Waals surface area contributed by atoms with E-state index in [4.69, 9.17) is 4.74 Å².